The van der Waals surface area contributed by atoms with E-state index in [-0.39, 0.29) is 11.9 Å². The van der Waals surface area contributed by atoms with Gasteiger partial charge in [-0.1, -0.05) is 42.4 Å². The zero-order valence-electron chi connectivity index (χ0n) is 15.9. The Labute approximate surface area is 159 Å². The maximum Gasteiger partial charge on any atom is 0.222 e. The van der Waals surface area contributed by atoms with Crippen molar-refractivity contribution in [2.24, 2.45) is 4.99 Å². The van der Waals surface area contributed by atoms with E-state index < -0.39 is 0 Å². The van der Waals surface area contributed by atoms with Crippen LogP contribution in [0.2, 0.25) is 0 Å². The van der Waals surface area contributed by atoms with Crippen molar-refractivity contribution in [3.63, 3.8) is 0 Å². The summed E-state index contributed by atoms with van der Waals surface area (Å²) in [6.45, 7) is 6.64. The van der Waals surface area contributed by atoms with Crippen LogP contribution in [-0.4, -0.2) is 47.6 Å². The monoisotopic (exact) mass is 369 g/mol. The Morgan fingerprint density at radius 3 is 2.89 bits per heavy atom. The number of carbonyl (C=O) groups is 1. The van der Waals surface area contributed by atoms with Crippen molar-refractivity contribution in [2.75, 3.05) is 19.6 Å². The van der Waals surface area contributed by atoms with Crippen LogP contribution in [-0.2, 0) is 11.3 Å². The van der Waals surface area contributed by atoms with Crippen molar-refractivity contribution in [3.8, 4) is 11.3 Å². The van der Waals surface area contributed by atoms with Crippen LogP contribution in [0.1, 0.15) is 32.4 Å². The van der Waals surface area contributed by atoms with E-state index in [1.165, 1.54) is 0 Å². The molecule has 1 aliphatic rings. The van der Waals surface area contributed by atoms with E-state index in [4.69, 9.17) is 4.52 Å². The number of hydrogen-bond donors (Lipinski definition) is 2. The van der Waals surface area contributed by atoms with Crippen LogP contribution in [0.5, 0.6) is 0 Å². The van der Waals surface area contributed by atoms with Gasteiger partial charge < -0.3 is 20.1 Å². The van der Waals surface area contributed by atoms with Gasteiger partial charge in [0.1, 0.15) is 5.69 Å². The van der Waals surface area contributed by atoms with Crippen molar-refractivity contribution in [1.82, 2.24) is 20.7 Å². The molecule has 27 heavy (non-hydrogen) atoms. The van der Waals surface area contributed by atoms with Gasteiger partial charge in [-0.05, 0) is 13.3 Å². The van der Waals surface area contributed by atoms with Gasteiger partial charge in [0.25, 0.3) is 0 Å². The summed E-state index contributed by atoms with van der Waals surface area (Å²) in [7, 11) is 0. The Morgan fingerprint density at radius 1 is 1.33 bits per heavy atom. The molecular formula is C20H27N5O2. The lowest BCUT2D eigenvalue weighted by Gasteiger charge is -2.18. The molecule has 1 atom stereocenters. The molecule has 0 radical (unpaired) electrons. The zero-order valence-corrected chi connectivity index (χ0v) is 15.9. The first-order valence-corrected chi connectivity index (χ1v) is 9.53. The summed E-state index contributed by atoms with van der Waals surface area (Å²) in [6, 6.07) is 12.0. The highest BCUT2D eigenvalue weighted by molar-refractivity contribution is 5.80. The van der Waals surface area contributed by atoms with Crippen LogP contribution in [0.15, 0.2) is 45.9 Å². The number of aromatic nitrogens is 1. The molecule has 3 rings (SSSR count). The molecule has 2 aromatic rings. The molecule has 0 aliphatic carbocycles. The molecule has 1 aromatic heterocycles. The van der Waals surface area contributed by atoms with Crippen LogP contribution >= 0.6 is 0 Å². The Balaban J connectivity index is 1.60. The third kappa shape index (κ3) is 5.09. The molecule has 2 N–H and O–H groups in total. The highest BCUT2D eigenvalue weighted by Crippen LogP contribution is 2.20. The molecule has 1 saturated heterocycles. The number of hydrogen-bond acceptors (Lipinski definition) is 4. The van der Waals surface area contributed by atoms with Gasteiger partial charge in [0.05, 0.1) is 6.54 Å². The first-order valence-electron chi connectivity index (χ1n) is 9.53. The fraction of sp³-hybridized carbons (Fsp3) is 0.450. The third-order valence-corrected chi connectivity index (χ3v) is 4.54. The average molecular weight is 369 g/mol. The minimum Gasteiger partial charge on any atom is -0.357 e. The Hall–Kier alpha value is -2.83. The minimum absolute atomic E-state index is 0.206. The van der Waals surface area contributed by atoms with Crippen LogP contribution in [0.3, 0.4) is 0 Å². The molecule has 1 fully saturated rings. The topological polar surface area (TPSA) is 82.8 Å². The van der Waals surface area contributed by atoms with Crippen molar-refractivity contribution >= 4 is 11.9 Å². The minimum atomic E-state index is 0.206. The zero-order chi connectivity index (χ0) is 19.1. The fourth-order valence-corrected chi connectivity index (χ4v) is 3.13. The first kappa shape index (κ1) is 18.9. The van der Waals surface area contributed by atoms with Crippen LogP contribution in [0, 0.1) is 0 Å². The molecule has 144 valence electrons. The molecule has 7 heteroatoms. The Kier molecular flexibility index (Phi) is 6.46. The van der Waals surface area contributed by atoms with Gasteiger partial charge in [0.15, 0.2) is 11.7 Å². The molecular weight excluding hydrogens is 342 g/mol. The van der Waals surface area contributed by atoms with Crippen molar-refractivity contribution in [3.05, 3.63) is 42.1 Å². The summed E-state index contributed by atoms with van der Waals surface area (Å²) in [5.74, 6) is 1.68. The van der Waals surface area contributed by atoms with E-state index in [1.807, 2.05) is 55.1 Å². The second kappa shape index (κ2) is 9.21. The lowest BCUT2D eigenvalue weighted by Crippen LogP contribution is -2.45. The summed E-state index contributed by atoms with van der Waals surface area (Å²) >= 11 is 0. The quantitative estimate of drug-likeness (QED) is 0.604. The number of nitrogens with zero attached hydrogens (tertiary/aromatic N) is 3. The van der Waals surface area contributed by atoms with Gasteiger partial charge in [-0.15, -0.1) is 0 Å². The molecule has 0 spiro atoms. The normalized spacial score (nSPS) is 17.2. The number of nitrogens with one attached hydrogen (secondary N) is 2. The maximum atomic E-state index is 11.8. The van der Waals surface area contributed by atoms with Gasteiger partial charge in [-0.3, -0.25) is 4.79 Å². The van der Waals surface area contributed by atoms with E-state index in [1.54, 1.807) is 0 Å². The highest BCUT2D eigenvalue weighted by atomic mass is 16.5. The van der Waals surface area contributed by atoms with Gasteiger partial charge in [0, 0.05) is 43.7 Å². The van der Waals surface area contributed by atoms with E-state index >= 15 is 0 Å². The third-order valence-electron chi connectivity index (χ3n) is 4.54. The van der Waals surface area contributed by atoms with Gasteiger partial charge in [-0.2, -0.15) is 0 Å². The van der Waals surface area contributed by atoms with E-state index in [0.717, 1.165) is 49.0 Å². The molecule has 1 amide bonds. The Bertz CT molecular complexity index is 772. The number of amides is 1. The van der Waals surface area contributed by atoms with Crippen molar-refractivity contribution in [1.29, 1.82) is 0 Å². The number of likely N-dealkylation sites (tertiary alicyclic amines) is 1. The smallest absolute Gasteiger partial charge is 0.222 e. The maximum absolute atomic E-state index is 11.8. The Morgan fingerprint density at radius 2 is 2.15 bits per heavy atom. The van der Waals surface area contributed by atoms with Gasteiger partial charge in [-0.25, -0.2) is 4.99 Å². The lowest BCUT2D eigenvalue weighted by atomic mass is 10.2. The van der Waals surface area contributed by atoms with Crippen LogP contribution in [0.25, 0.3) is 11.3 Å². The van der Waals surface area contributed by atoms with E-state index in [9.17, 15) is 4.79 Å². The SMILES string of the molecule is CCNC(=NCc1cc(-c2ccccc2)on1)NC1CCN(C(=O)CC)C1. The van der Waals surface area contributed by atoms with E-state index in [0.29, 0.717) is 13.0 Å². The number of benzene rings is 1. The number of guanidine groups is 1. The standard InChI is InChI=1S/C20H27N5O2/c1-3-19(26)25-11-10-16(14-25)23-20(21-4-2)22-13-17-12-18(27-24-17)15-8-6-5-7-9-15/h5-9,12,16H,3-4,10-11,13-14H2,1-2H3,(H2,21,22,23). The predicted octanol–water partition coefficient (Wildman–Crippen LogP) is 2.41. The van der Waals surface area contributed by atoms with Gasteiger partial charge >= 0.3 is 0 Å². The lowest BCUT2D eigenvalue weighted by molar-refractivity contribution is -0.129. The summed E-state index contributed by atoms with van der Waals surface area (Å²) in [6.07, 6.45) is 1.48. The molecule has 1 aromatic carbocycles. The highest BCUT2D eigenvalue weighted by Gasteiger charge is 2.25. The summed E-state index contributed by atoms with van der Waals surface area (Å²) in [5, 5.41) is 10.8. The molecule has 0 bridgehead atoms. The molecule has 1 unspecified atom stereocenters. The summed E-state index contributed by atoms with van der Waals surface area (Å²) < 4.78 is 5.42. The van der Waals surface area contributed by atoms with Crippen LogP contribution in [0.4, 0.5) is 0 Å². The number of carbonyl (C=O) groups excluding carboxylic acids is 1. The number of aliphatic imine (C=N–C) groups is 1. The van der Waals surface area contributed by atoms with Crippen LogP contribution < -0.4 is 10.6 Å². The van der Waals surface area contributed by atoms with Gasteiger partial charge in [0.2, 0.25) is 5.91 Å². The molecule has 7 nitrogen and oxygen atoms in total. The average Bonchev–Trinajstić information content (AvgIpc) is 3.36. The fourth-order valence-electron chi connectivity index (χ4n) is 3.13. The number of rotatable bonds is 6. The second-order valence-electron chi connectivity index (χ2n) is 6.57. The van der Waals surface area contributed by atoms with Crippen molar-refractivity contribution < 1.29 is 9.32 Å². The van der Waals surface area contributed by atoms with E-state index in [2.05, 4.69) is 20.8 Å². The van der Waals surface area contributed by atoms with Crippen molar-refractivity contribution in [2.45, 2.75) is 39.3 Å². The summed E-state index contributed by atoms with van der Waals surface area (Å²) in [5.41, 5.74) is 1.78. The molecule has 2 heterocycles. The molecule has 0 saturated carbocycles. The predicted molar refractivity (Wildman–Crippen MR) is 105 cm³/mol. The largest absolute Gasteiger partial charge is 0.357 e. The molecule has 1 aliphatic heterocycles. The summed E-state index contributed by atoms with van der Waals surface area (Å²) in [4.78, 5) is 18.4. The first-order chi connectivity index (χ1) is 13.2. The second-order valence-corrected chi connectivity index (χ2v) is 6.57.